The van der Waals surface area contributed by atoms with Crippen LogP contribution in [0.2, 0.25) is 0 Å². The number of carboxylic acid groups (broad SMARTS) is 1. The fourth-order valence-electron chi connectivity index (χ4n) is 2.44. The fraction of sp³-hybridized carbons (Fsp3) is 0.583. The third-order valence-corrected chi connectivity index (χ3v) is 3.19. The third kappa shape index (κ3) is 3.94. The molecule has 0 bridgehead atoms. The summed E-state index contributed by atoms with van der Waals surface area (Å²) in [6.45, 7) is 4.08. The Morgan fingerprint density at radius 1 is 1.48 bits per heavy atom. The summed E-state index contributed by atoms with van der Waals surface area (Å²) in [6, 6.07) is 0. The van der Waals surface area contributed by atoms with Crippen molar-refractivity contribution in [2.24, 2.45) is 0 Å². The lowest BCUT2D eigenvalue weighted by molar-refractivity contribution is -0.383. The predicted octanol–water partition coefficient (Wildman–Crippen LogP) is 0.0771. The first kappa shape index (κ1) is 16.7. The molecule has 1 fully saturated rings. The van der Waals surface area contributed by atoms with Crippen molar-refractivity contribution in [1.82, 2.24) is 9.97 Å². The molecule has 1 saturated heterocycles. The van der Waals surface area contributed by atoms with Gasteiger partial charge in [-0.05, 0) is 13.8 Å². The van der Waals surface area contributed by atoms with E-state index in [0.29, 0.717) is 13.1 Å². The second-order valence-corrected chi connectivity index (χ2v) is 5.27. The molecule has 126 valence electrons. The molecule has 11 heteroatoms. The largest absolute Gasteiger partial charge is 0.480 e. The molecule has 0 saturated carbocycles. The number of nitrogen functional groups attached to an aromatic ring is 1. The van der Waals surface area contributed by atoms with Crippen molar-refractivity contribution >= 4 is 29.2 Å². The molecule has 4 N–H and O–H groups in total. The Balaban J connectivity index is 2.41. The molecule has 1 aliphatic rings. The number of nitrogens with one attached hydrogen (secondary N) is 1. The van der Waals surface area contributed by atoms with Crippen molar-refractivity contribution in [3.63, 3.8) is 0 Å². The summed E-state index contributed by atoms with van der Waals surface area (Å²) in [7, 11) is 0. The molecule has 1 aromatic heterocycles. The first-order valence-electron chi connectivity index (χ1n) is 6.96. The first-order chi connectivity index (χ1) is 10.8. The van der Waals surface area contributed by atoms with Gasteiger partial charge in [0.15, 0.2) is 0 Å². The molecule has 1 aromatic rings. The summed E-state index contributed by atoms with van der Waals surface area (Å²) < 4.78 is 5.60. The molecule has 0 aromatic carbocycles. The monoisotopic (exact) mass is 326 g/mol. The Morgan fingerprint density at radius 2 is 2.09 bits per heavy atom. The van der Waals surface area contributed by atoms with Crippen LogP contribution in [0.3, 0.4) is 0 Å². The van der Waals surface area contributed by atoms with Crippen molar-refractivity contribution < 1.29 is 19.6 Å². The van der Waals surface area contributed by atoms with Crippen molar-refractivity contribution in [2.75, 3.05) is 35.6 Å². The molecule has 0 radical (unpaired) electrons. The van der Waals surface area contributed by atoms with Crippen LogP contribution in [0.4, 0.5) is 23.3 Å². The van der Waals surface area contributed by atoms with Gasteiger partial charge in [-0.15, -0.1) is 0 Å². The zero-order chi connectivity index (χ0) is 17.1. The minimum Gasteiger partial charge on any atom is -0.480 e. The maximum absolute atomic E-state index is 11.3. The molecular formula is C12H18N6O5. The second-order valence-electron chi connectivity index (χ2n) is 5.27. The number of hydrogen-bond acceptors (Lipinski definition) is 9. The minimum absolute atomic E-state index is 0.0531. The SMILES string of the molecule is C[C@@H]1CN(c2nc(NCC(=O)O)nc(N)c2[N+](=O)[O-])C[C@@H](C)O1. The van der Waals surface area contributed by atoms with E-state index in [9.17, 15) is 14.9 Å². The number of hydrogen-bond donors (Lipinski definition) is 3. The van der Waals surface area contributed by atoms with Gasteiger partial charge in [-0.3, -0.25) is 14.9 Å². The van der Waals surface area contributed by atoms with Gasteiger partial charge in [0.1, 0.15) is 6.54 Å². The summed E-state index contributed by atoms with van der Waals surface area (Å²) in [5.74, 6) is -1.45. The van der Waals surface area contributed by atoms with Crippen LogP contribution >= 0.6 is 0 Å². The van der Waals surface area contributed by atoms with Crippen LogP contribution in [0.25, 0.3) is 0 Å². The van der Waals surface area contributed by atoms with Crippen LogP contribution in [0, 0.1) is 10.1 Å². The Labute approximate surface area is 131 Å². The summed E-state index contributed by atoms with van der Waals surface area (Å²) in [5, 5.41) is 22.5. The Hall–Kier alpha value is -2.69. The number of nitro groups is 1. The molecule has 2 rings (SSSR count). The van der Waals surface area contributed by atoms with Crippen LogP contribution in [0.1, 0.15) is 13.8 Å². The van der Waals surface area contributed by atoms with Gasteiger partial charge in [0.25, 0.3) is 0 Å². The number of morpholine rings is 1. The third-order valence-electron chi connectivity index (χ3n) is 3.19. The van der Waals surface area contributed by atoms with Crippen molar-refractivity contribution in [3.05, 3.63) is 10.1 Å². The van der Waals surface area contributed by atoms with E-state index in [4.69, 9.17) is 15.6 Å². The number of ether oxygens (including phenoxy) is 1. The Bertz CT molecular complexity index is 614. The van der Waals surface area contributed by atoms with Gasteiger partial charge in [0, 0.05) is 13.1 Å². The average Bonchev–Trinajstić information content (AvgIpc) is 2.42. The van der Waals surface area contributed by atoms with E-state index in [1.807, 2.05) is 13.8 Å². The van der Waals surface area contributed by atoms with E-state index in [-0.39, 0.29) is 29.8 Å². The second kappa shape index (κ2) is 6.60. The van der Waals surface area contributed by atoms with E-state index in [1.165, 1.54) is 0 Å². The van der Waals surface area contributed by atoms with E-state index in [1.54, 1.807) is 4.90 Å². The van der Waals surface area contributed by atoms with E-state index in [2.05, 4.69) is 15.3 Å². The normalized spacial score (nSPS) is 21.0. The Kier molecular flexibility index (Phi) is 4.79. The summed E-state index contributed by atoms with van der Waals surface area (Å²) >= 11 is 0. The molecule has 11 nitrogen and oxygen atoms in total. The highest BCUT2D eigenvalue weighted by Gasteiger charge is 2.32. The summed E-state index contributed by atoms with van der Waals surface area (Å²) in [6.07, 6.45) is -0.269. The van der Waals surface area contributed by atoms with Gasteiger partial charge in [-0.25, -0.2) is 0 Å². The molecule has 2 heterocycles. The van der Waals surface area contributed by atoms with Gasteiger partial charge >= 0.3 is 11.7 Å². The van der Waals surface area contributed by atoms with E-state index >= 15 is 0 Å². The first-order valence-corrected chi connectivity index (χ1v) is 6.96. The highest BCUT2D eigenvalue weighted by Crippen LogP contribution is 2.33. The van der Waals surface area contributed by atoms with E-state index < -0.39 is 23.1 Å². The van der Waals surface area contributed by atoms with Crippen LogP contribution in [-0.4, -0.2) is 57.8 Å². The highest BCUT2D eigenvalue weighted by molar-refractivity contribution is 5.74. The van der Waals surface area contributed by atoms with Crippen molar-refractivity contribution in [3.8, 4) is 0 Å². The molecule has 0 aliphatic carbocycles. The number of rotatable bonds is 5. The molecule has 2 atom stereocenters. The van der Waals surface area contributed by atoms with Gasteiger partial charge < -0.3 is 25.8 Å². The van der Waals surface area contributed by atoms with Crippen LogP contribution in [-0.2, 0) is 9.53 Å². The quantitative estimate of drug-likeness (QED) is 0.499. The smallest absolute Gasteiger partial charge is 0.353 e. The zero-order valence-corrected chi connectivity index (χ0v) is 12.7. The number of nitrogens with two attached hydrogens (primary N) is 1. The highest BCUT2D eigenvalue weighted by atomic mass is 16.6. The molecule has 0 spiro atoms. The molecule has 23 heavy (non-hydrogen) atoms. The maximum Gasteiger partial charge on any atom is 0.353 e. The predicted molar refractivity (Wildman–Crippen MR) is 81.4 cm³/mol. The van der Waals surface area contributed by atoms with Gasteiger partial charge in [-0.2, -0.15) is 9.97 Å². The number of nitrogens with zero attached hydrogens (tertiary/aromatic N) is 4. The average molecular weight is 326 g/mol. The summed E-state index contributed by atoms with van der Waals surface area (Å²) in [4.78, 5) is 30.8. The van der Waals surface area contributed by atoms with E-state index in [0.717, 1.165) is 0 Å². The zero-order valence-electron chi connectivity index (χ0n) is 12.7. The molecule has 0 amide bonds. The molecule has 0 unspecified atom stereocenters. The molecule has 1 aliphatic heterocycles. The lowest BCUT2D eigenvalue weighted by atomic mass is 10.2. The number of carbonyl (C=O) groups is 1. The van der Waals surface area contributed by atoms with Gasteiger partial charge in [-0.1, -0.05) is 0 Å². The summed E-state index contributed by atoms with van der Waals surface area (Å²) in [5.41, 5.74) is 5.27. The van der Waals surface area contributed by atoms with Crippen LogP contribution in [0.5, 0.6) is 0 Å². The van der Waals surface area contributed by atoms with Crippen LogP contribution in [0.15, 0.2) is 0 Å². The minimum atomic E-state index is -1.11. The van der Waals surface area contributed by atoms with Crippen molar-refractivity contribution in [1.29, 1.82) is 0 Å². The molecular weight excluding hydrogens is 308 g/mol. The topological polar surface area (TPSA) is 157 Å². The van der Waals surface area contributed by atoms with Crippen LogP contribution < -0.4 is 16.0 Å². The Morgan fingerprint density at radius 3 is 2.61 bits per heavy atom. The van der Waals surface area contributed by atoms with Gasteiger partial charge in [0.05, 0.1) is 17.1 Å². The number of carboxylic acids is 1. The number of anilines is 3. The van der Waals surface area contributed by atoms with Crippen molar-refractivity contribution in [2.45, 2.75) is 26.1 Å². The fourth-order valence-corrected chi connectivity index (χ4v) is 2.44. The maximum atomic E-state index is 11.3. The standard InChI is InChI=1S/C12H18N6O5/c1-6-4-17(5-7(2)23-6)11-9(18(21)22)10(13)15-12(16-11)14-3-8(19)20/h6-7H,3-5H2,1-2H3,(H,19,20)(H3,13,14,15,16)/t6-,7-/m1/s1. The van der Waals surface area contributed by atoms with Gasteiger partial charge in [0.2, 0.25) is 17.6 Å². The number of aromatic nitrogens is 2. The lowest BCUT2D eigenvalue weighted by Gasteiger charge is -2.35. The number of aliphatic carboxylic acids is 1. The lowest BCUT2D eigenvalue weighted by Crippen LogP contribution is -2.46.